The molecule has 0 saturated heterocycles. The predicted octanol–water partition coefficient (Wildman–Crippen LogP) is 5.33. The van der Waals surface area contributed by atoms with Crippen molar-refractivity contribution >= 4 is 0 Å². The lowest BCUT2D eigenvalue weighted by atomic mass is 9.81. The molecule has 0 aliphatic carbocycles. The van der Waals surface area contributed by atoms with Gasteiger partial charge in [0.15, 0.2) is 0 Å². The van der Waals surface area contributed by atoms with Crippen LogP contribution in [0.1, 0.15) is 69.2 Å². The number of rotatable bonds is 4. The molecule has 0 nitrogen and oxygen atoms in total. The Hall–Kier alpha value is -0.780. The van der Waals surface area contributed by atoms with Crippen molar-refractivity contribution in [2.45, 2.75) is 72.6 Å². The van der Waals surface area contributed by atoms with Crippen LogP contribution in [-0.2, 0) is 11.8 Å². The summed E-state index contributed by atoms with van der Waals surface area (Å²) in [4.78, 5) is 0. The molecule has 0 N–H and O–H groups in total. The molecule has 0 unspecified atom stereocenters. The highest BCUT2D eigenvalue weighted by molar-refractivity contribution is 5.41. The van der Waals surface area contributed by atoms with Crippen LogP contribution in [0, 0.1) is 13.8 Å². The molecular weight excluding hydrogens is 204 g/mol. The second-order valence-electron chi connectivity index (χ2n) is 6.29. The van der Waals surface area contributed by atoms with Crippen LogP contribution in [0.25, 0.3) is 0 Å². The van der Waals surface area contributed by atoms with E-state index < -0.39 is 0 Å². The van der Waals surface area contributed by atoms with E-state index >= 15 is 0 Å². The van der Waals surface area contributed by atoms with Gasteiger partial charge in [0.25, 0.3) is 0 Å². The van der Waals surface area contributed by atoms with Crippen molar-refractivity contribution in [3.63, 3.8) is 0 Å². The van der Waals surface area contributed by atoms with E-state index in [0.29, 0.717) is 0 Å². The van der Waals surface area contributed by atoms with Gasteiger partial charge in [0.1, 0.15) is 0 Å². The monoisotopic (exact) mass is 232 g/mol. The zero-order valence-corrected chi connectivity index (χ0v) is 12.5. The van der Waals surface area contributed by atoms with Crippen LogP contribution in [0.5, 0.6) is 0 Å². The zero-order chi connectivity index (χ0) is 13.1. The van der Waals surface area contributed by atoms with Crippen LogP contribution in [0.2, 0.25) is 0 Å². The Morgan fingerprint density at radius 1 is 1.00 bits per heavy atom. The standard InChI is InChI=1S/C17H28/c1-7-8-9-10-15-11-13(2)14(3)16(12-15)17(4,5)6/h11-12H,7-10H2,1-6H3. The van der Waals surface area contributed by atoms with Gasteiger partial charge in [-0.25, -0.2) is 0 Å². The Kier molecular flexibility index (Phi) is 4.80. The molecule has 17 heavy (non-hydrogen) atoms. The fourth-order valence-corrected chi connectivity index (χ4v) is 2.44. The molecule has 1 rings (SSSR count). The van der Waals surface area contributed by atoms with Crippen molar-refractivity contribution in [1.82, 2.24) is 0 Å². The van der Waals surface area contributed by atoms with Gasteiger partial charge in [0.2, 0.25) is 0 Å². The topological polar surface area (TPSA) is 0 Å². The molecule has 1 aromatic rings. The molecule has 0 bridgehead atoms. The zero-order valence-electron chi connectivity index (χ0n) is 12.5. The summed E-state index contributed by atoms with van der Waals surface area (Å²) in [5.41, 5.74) is 6.21. The number of hydrogen-bond donors (Lipinski definition) is 0. The van der Waals surface area contributed by atoms with Crippen LogP contribution < -0.4 is 0 Å². The Morgan fingerprint density at radius 2 is 1.65 bits per heavy atom. The van der Waals surface area contributed by atoms with Crippen LogP contribution in [0.4, 0.5) is 0 Å². The molecule has 0 saturated carbocycles. The summed E-state index contributed by atoms with van der Waals surface area (Å²) < 4.78 is 0. The summed E-state index contributed by atoms with van der Waals surface area (Å²) in [7, 11) is 0. The van der Waals surface area contributed by atoms with E-state index in [4.69, 9.17) is 0 Å². The first kappa shape index (κ1) is 14.3. The summed E-state index contributed by atoms with van der Waals surface area (Å²) >= 11 is 0. The van der Waals surface area contributed by atoms with E-state index in [2.05, 4.69) is 53.7 Å². The first-order valence-corrected chi connectivity index (χ1v) is 6.97. The lowest BCUT2D eigenvalue weighted by molar-refractivity contribution is 0.583. The number of benzene rings is 1. The third-order valence-corrected chi connectivity index (χ3v) is 3.60. The maximum atomic E-state index is 2.43. The van der Waals surface area contributed by atoms with E-state index in [0.717, 1.165) is 0 Å². The first-order chi connectivity index (χ1) is 7.86. The molecule has 0 radical (unpaired) electrons. The average Bonchev–Trinajstić information content (AvgIpc) is 2.21. The van der Waals surface area contributed by atoms with Crippen LogP contribution >= 0.6 is 0 Å². The number of hydrogen-bond acceptors (Lipinski definition) is 0. The van der Waals surface area contributed by atoms with Crippen molar-refractivity contribution in [1.29, 1.82) is 0 Å². The van der Waals surface area contributed by atoms with E-state index in [1.807, 2.05) is 0 Å². The number of aryl methyl sites for hydroxylation is 2. The van der Waals surface area contributed by atoms with Gasteiger partial charge >= 0.3 is 0 Å². The predicted molar refractivity (Wildman–Crippen MR) is 77.8 cm³/mol. The SMILES string of the molecule is CCCCCc1cc(C)c(C)c(C(C)(C)C)c1. The fraction of sp³-hybridized carbons (Fsp3) is 0.647. The molecule has 0 fully saturated rings. The summed E-state index contributed by atoms with van der Waals surface area (Å²) in [6.45, 7) is 13.7. The Labute approximate surface area is 107 Å². The van der Waals surface area contributed by atoms with Gasteiger partial charge in [-0.3, -0.25) is 0 Å². The van der Waals surface area contributed by atoms with Crippen LogP contribution in [0.15, 0.2) is 12.1 Å². The Morgan fingerprint density at radius 3 is 2.18 bits per heavy atom. The Bertz CT molecular complexity index is 366. The minimum atomic E-state index is 0.260. The van der Waals surface area contributed by atoms with E-state index in [9.17, 15) is 0 Å². The Balaban J connectivity index is 2.98. The first-order valence-electron chi connectivity index (χ1n) is 6.97. The van der Waals surface area contributed by atoms with Crippen molar-refractivity contribution < 1.29 is 0 Å². The van der Waals surface area contributed by atoms with E-state index in [1.54, 1.807) is 0 Å². The fourth-order valence-electron chi connectivity index (χ4n) is 2.44. The second-order valence-corrected chi connectivity index (χ2v) is 6.29. The van der Waals surface area contributed by atoms with Gasteiger partial charge in [-0.2, -0.15) is 0 Å². The van der Waals surface area contributed by atoms with Crippen LogP contribution in [-0.4, -0.2) is 0 Å². The van der Waals surface area contributed by atoms with Crippen molar-refractivity contribution in [3.05, 3.63) is 34.4 Å². The molecule has 0 heteroatoms. The molecule has 0 aliphatic heterocycles. The molecule has 0 amide bonds. The van der Waals surface area contributed by atoms with Gasteiger partial charge in [0.05, 0.1) is 0 Å². The quantitative estimate of drug-likeness (QED) is 0.615. The highest BCUT2D eigenvalue weighted by Crippen LogP contribution is 2.29. The molecule has 96 valence electrons. The normalized spacial score (nSPS) is 11.9. The smallest absolute Gasteiger partial charge is 0.0129 e. The minimum absolute atomic E-state index is 0.260. The third-order valence-electron chi connectivity index (χ3n) is 3.60. The summed E-state index contributed by atoms with van der Waals surface area (Å²) in [6.07, 6.45) is 5.20. The van der Waals surface area contributed by atoms with Gasteiger partial charge < -0.3 is 0 Å². The lowest BCUT2D eigenvalue weighted by Gasteiger charge is -2.24. The van der Waals surface area contributed by atoms with Gasteiger partial charge in [-0.1, -0.05) is 52.7 Å². The maximum absolute atomic E-state index is 2.43. The molecule has 0 aliphatic rings. The van der Waals surface area contributed by atoms with Crippen molar-refractivity contribution in [2.24, 2.45) is 0 Å². The van der Waals surface area contributed by atoms with Crippen molar-refractivity contribution in [2.75, 3.05) is 0 Å². The summed E-state index contributed by atoms with van der Waals surface area (Å²) in [5, 5.41) is 0. The maximum Gasteiger partial charge on any atom is -0.0129 e. The second kappa shape index (κ2) is 5.71. The molecule has 0 atom stereocenters. The van der Waals surface area contributed by atoms with Gasteiger partial charge in [-0.15, -0.1) is 0 Å². The minimum Gasteiger partial charge on any atom is -0.0654 e. The third kappa shape index (κ3) is 3.87. The largest absolute Gasteiger partial charge is 0.0654 e. The van der Waals surface area contributed by atoms with Gasteiger partial charge in [-0.05, 0) is 54.4 Å². The van der Waals surface area contributed by atoms with E-state index in [1.165, 1.54) is 47.9 Å². The van der Waals surface area contributed by atoms with E-state index in [-0.39, 0.29) is 5.41 Å². The average molecular weight is 232 g/mol. The van der Waals surface area contributed by atoms with Crippen LogP contribution in [0.3, 0.4) is 0 Å². The molecular formula is C17H28. The highest BCUT2D eigenvalue weighted by Gasteiger charge is 2.17. The summed E-state index contributed by atoms with van der Waals surface area (Å²) in [6, 6.07) is 4.80. The molecule has 0 aromatic heterocycles. The molecule has 0 spiro atoms. The lowest BCUT2D eigenvalue weighted by Crippen LogP contribution is -2.14. The van der Waals surface area contributed by atoms with Gasteiger partial charge in [0, 0.05) is 0 Å². The summed E-state index contributed by atoms with van der Waals surface area (Å²) in [5.74, 6) is 0. The number of unbranched alkanes of at least 4 members (excludes halogenated alkanes) is 2. The molecule has 0 heterocycles. The highest BCUT2D eigenvalue weighted by atomic mass is 14.2. The van der Waals surface area contributed by atoms with Crippen molar-refractivity contribution in [3.8, 4) is 0 Å². The molecule has 1 aromatic carbocycles.